The van der Waals surface area contributed by atoms with Gasteiger partial charge in [-0.25, -0.2) is 0 Å². The highest BCUT2D eigenvalue weighted by molar-refractivity contribution is 4.67. The van der Waals surface area contributed by atoms with Crippen LogP contribution >= 0.6 is 0 Å². The first-order valence-corrected chi connectivity index (χ1v) is 6.52. The second-order valence-electron chi connectivity index (χ2n) is 4.46. The van der Waals surface area contributed by atoms with Crippen LogP contribution in [0.5, 0.6) is 0 Å². The molecule has 0 aliphatic carbocycles. The van der Waals surface area contributed by atoms with E-state index in [4.69, 9.17) is 9.47 Å². The molecule has 1 heterocycles. The largest absolute Gasteiger partial charge is 0.382 e. The molecule has 0 saturated carbocycles. The summed E-state index contributed by atoms with van der Waals surface area (Å²) >= 11 is 0. The van der Waals surface area contributed by atoms with Crippen LogP contribution in [0.25, 0.3) is 0 Å². The first kappa shape index (κ1) is 14.9. The molecule has 1 fully saturated rings. The molecule has 0 aromatic rings. The van der Waals surface area contributed by atoms with E-state index in [2.05, 4.69) is 15.5 Å². The number of hydrogen-bond donors (Lipinski definition) is 2. The maximum atomic E-state index is 5.29. The van der Waals surface area contributed by atoms with Crippen LogP contribution < -0.4 is 10.6 Å². The molecule has 1 rings (SSSR count). The zero-order valence-corrected chi connectivity index (χ0v) is 11.2. The van der Waals surface area contributed by atoms with Gasteiger partial charge in [-0.05, 0) is 19.5 Å². The SMILES string of the molecule is COCC(CNCCN1CCCNCC1)OC. The van der Waals surface area contributed by atoms with E-state index in [1.54, 1.807) is 14.2 Å². The van der Waals surface area contributed by atoms with E-state index >= 15 is 0 Å². The van der Waals surface area contributed by atoms with E-state index in [0.29, 0.717) is 6.61 Å². The molecule has 102 valence electrons. The molecule has 0 bridgehead atoms. The zero-order valence-electron chi connectivity index (χ0n) is 11.2. The van der Waals surface area contributed by atoms with Gasteiger partial charge in [-0.3, -0.25) is 0 Å². The average Bonchev–Trinajstić information content (AvgIpc) is 2.61. The second kappa shape index (κ2) is 9.79. The molecule has 0 radical (unpaired) electrons. The van der Waals surface area contributed by atoms with Crippen molar-refractivity contribution in [3.63, 3.8) is 0 Å². The Morgan fingerprint density at radius 1 is 1.29 bits per heavy atom. The Bertz CT molecular complexity index is 173. The summed E-state index contributed by atoms with van der Waals surface area (Å²) in [5.74, 6) is 0. The molecule has 17 heavy (non-hydrogen) atoms. The predicted molar refractivity (Wildman–Crippen MR) is 69.5 cm³/mol. The smallest absolute Gasteiger partial charge is 0.0928 e. The second-order valence-corrected chi connectivity index (χ2v) is 4.46. The Morgan fingerprint density at radius 3 is 2.94 bits per heavy atom. The van der Waals surface area contributed by atoms with E-state index in [1.165, 1.54) is 13.0 Å². The summed E-state index contributed by atoms with van der Waals surface area (Å²) in [5, 5.41) is 6.83. The number of nitrogens with one attached hydrogen (secondary N) is 2. The molecule has 5 nitrogen and oxygen atoms in total. The number of hydrogen-bond acceptors (Lipinski definition) is 5. The van der Waals surface area contributed by atoms with E-state index in [-0.39, 0.29) is 6.10 Å². The number of nitrogens with zero attached hydrogens (tertiary/aromatic N) is 1. The van der Waals surface area contributed by atoms with E-state index in [9.17, 15) is 0 Å². The van der Waals surface area contributed by atoms with Crippen molar-refractivity contribution in [1.82, 2.24) is 15.5 Å². The molecule has 0 aromatic carbocycles. The van der Waals surface area contributed by atoms with Crippen LogP contribution in [-0.4, -0.2) is 77.6 Å². The monoisotopic (exact) mass is 245 g/mol. The minimum atomic E-state index is 0.158. The van der Waals surface area contributed by atoms with Crippen molar-refractivity contribution in [3.8, 4) is 0 Å². The van der Waals surface area contributed by atoms with Gasteiger partial charge in [-0.15, -0.1) is 0 Å². The van der Waals surface area contributed by atoms with Gasteiger partial charge in [0, 0.05) is 46.9 Å². The highest BCUT2D eigenvalue weighted by atomic mass is 16.5. The standard InChI is InChI=1S/C12H27N3O2/c1-16-11-12(17-2)10-14-6-9-15-7-3-4-13-5-8-15/h12-14H,3-11H2,1-2H3. The van der Waals surface area contributed by atoms with E-state index < -0.39 is 0 Å². The normalized spacial score (nSPS) is 20.1. The maximum Gasteiger partial charge on any atom is 0.0928 e. The Hall–Kier alpha value is -0.200. The van der Waals surface area contributed by atoms with Gasteiger partial charge in [0.1, 0.15) is 0 Å². The van der Waals surface area contributed by atoms with Crippen LogP contribution in [0.1, 0.15) is 6.42 Å². The average molecular weight is 245 g/mol. The third kappa shape index (κ3) is 6.95. The molecule has 1 atom stereocenters. The Labute approximate surface area is 105 Å². The molecule has 0 spiro atoms. The predicted octanol–water partition coefficient (Wildman–Crippen LogP) is -0.467. The third-order valence-electron chi connectivity index (χ3n) is 3.10. The maximum absolute atomic E-state index is 5.29. The van der Waals surface area contributed by atoms with Crippen LogP contribution in [0, 0.1) is 0 Å². The van der Waals surface area contributed by atoms with Gasteiger partial charge in [0.2, 0.25) is 0 Å². The van der Waals surface area contributed by atoms with Gasteiger partial charge < -0.3 is 25.0 Å². The lowest BCUT2D eigenvalue weighted by atomic mass is 10.3. The first-order chi connectivity index (χ1) is 8.36. The highest BCUT2D eigenvalue weighted by Gasteiger charge is 2.09. The van der Waals surface area contributed by atoms with Gasteiger partial charge in [0.25, 0.3) is 0 Å². The molecule has 5 heteroatoms. The molecule has 1 aliphatic heterocycles. The summed E-state index contributed by atoms with van der Waals surface area (Å²) < 4.78 is 10.4. The lowest BCUT2D eigenvalue weighted by Crippen LogP contribution is -2.38. The van der Waals surface area contributed by atoms with Gasteiger partial charge in [-0.2, -0.15) is 0 Å². The molecule has 1 aliphatic rings. The summed E-state index contributed by atoms with van der Waals surface area (Å²) in [5.41, 5.74) is 0. The molecule has 1 saturated heterocycles. The van der Waals surface area contributed by atoms with Gasteiger partial charge in [0.05, 0.1) is 12.7 Å². The lowest BCUT2D eigenvalue weighted by Gasteiger charge is -2.20. The quantitative estimate of drug-likeness (QED) is 0.566. The van der Waals surface area contributed by atoms with Crippen molar-refractivity contribution >= 4 is 0 Å². The molecule has 2 N–H and O–H groups in total. The fourth-order valence-electron chi connectivity index (χ4n) is 2.02. The van der Waals surface area contributed by atoms with Crippen LogP contribution in [0.2, 0.25) is 0 Å². The summed E-state index contributed by atoms with van der Waals surface area (Å²) in [4.78, 5) is 2.51. The van der Waals surface area contributed by atoms with Crippen molar-refractivity contribution in [2.75, 3.05) is 66.6 Å². The van der Waals surface area contributed by atoms with E-state index in [1.807, 2.05) is 0 Å². The van der Waals surface area contributed by atoms with Crippen molar-refractivity contribution in [2.45, 2.75) is 12.5 Å². The topological polar surface area (TPSA) is 45.8 Å². The molecule has 1 unspecified atom stereocenters. The minimum Gasteiger partial charge on any atom is -0.382 e. The van der Waals surface area contributed by atoms with Crippen LogP contribution in [0.3, 0.4) is 0 Å². The van der Waals surface area contributed by atoms with Crippen molar-refractivity contribution < 1.29 is 9.47 Å². The van der Waals surface area contributed by atoms with Crippen molar-refractivity contribution in [3.05, 3.63) is 0 Å². The highest BCUT2D eigenvalue weighted by Crippen LogP contribution is 1.94. The van der Waals surface area contributed by atoms with Gasteiger partial charge in [0.15, 0.2) is 0 Å². The molecule has 0 aromatic heterocycles. The first-order valence-electron chi connectivity index (χ1n) is 6.52. The fourth-order valence-corrected chi connectivity index (χ4v) is 2.02. The molecule has 0 amide bonds. The zero-order chi connectivity index (χ0) is 12.3. The Balaban J connectivity index is 2.01. The summed E-state index contributed by atoms with van der Waals surface area (Å²) in [7, 11) is 3.43. The Kier molecular flexibility index (Phi) is 8.56. The minimum absolute atomic E-state index is 0.158. The lowest BCUT2D eigenvalue weighted by molar-refractivity contribution is 0.0287. The van der Waals surface area contributed by atoms with Gasteiger partial charge in [-0.1, -0.05) is 0 Å². The molecular formula is C12H27N3O2. The third-order valence-corrected chi connectivity index (χ3v) is 3.10. The number of rotatable bonds is 8. The summed E-state index contributed by atoms with van der Waals surface area (Å²) in [6, 6.07) is 0. The summed E-state index contributed by atoms with van der Waals surface area (Å²) in [6.45, 7) is 8.28. The Morgan fingerprint density at radius 2 is 2.18 bits per heavy atom. The van der Waals surface area contributed by atoms with Crippen molar-refractivity contribution in [1.29, 1.82) is 0 Å². The van der Waals surface area contributed by atoms with E-state index in [0.717, 1.165) is 39.3 Å². The van der Waals surface area contributed by atoms with Crippen molar-refractivity contribution in [2.24, 2.45) is 0 Å². The summed E-state index contributed by atoms with van der Waals surface area (Å²) in [6.07, 6.45) is 1.41. The molecular weight excluding hydrogens is 218 g/mol. The number of methoxy groups -OCH3 is 2. The van der Waals surface area contributed by atoms with Crippen LogP contribution in [0.15, 0.2) is 0 Å². The van der Waals surface area contributed by atoms with Crippen LogP contribution in [-0.2, 0) is 9.47 Å². The number of ether oxygens (including phenoxy) is 2. The van der Waals surface area contributed by atoms with Gasteiger partial charge >= 0.3 is 0 Å². The fraction of sp³-hybridized carbons (Fsp3) is 1.00. The van der Waals surface area contributed by atoms with Crippen LogP contribution in [0.4, 0.5) is 0 Å².